The molecule has 0 heterocycles. The summed E-state index contributed by atoms with van der Waals surface area (Å²) in [6, 6.07) is 0. The number of hydrogen-bond donors (Lipinski definition) is 1. The molecule has 2 saturated carbocycles. The van der Waals surface area contributed by atoms with E-state index in [1.54, 1.807) is 5.57 Å². The number of fused-ring (bicyclic) bond motifs is 1. The molecule has 0 aromatic rings. The fourth-order valence-electron chi connectivity index (χ4n) is 3.34. The molecule has 3 aliphatic carbocycles. The normalized spacial score (nSPS) is 43.5. The summed E-state index contributed by atoms with van der Waals surface area (Å²) in [6.45, 7) is 0.912. The summed E-state index contributed by atoms with van der Waals surface area (Å²) in [5.74, 6) is 3.72. The Bertz CT molecular complexity index is 240. The van der Waals surface area contributed by atoms with Crippen LogP contribution in [0, 0.1) is 23.7 Å². The van der Waals surface area contributed by atoms with E-state index in [9.17, 15) is 0 Å². The highest BCUT2D eigenvalue weighted by Gasteiger charge is 2.44. The van der Waals surface area contributed by atoms with Crippen LogP contribution in [0.15, 0.2) is 11.6 Å². The Labute approximate surface area is 80.4 Å². The molecule has 2 N–H and O–H groups in total. The van der Waals surface area contributed by atoms with Gasteiger partial charge in [0.2, 0.25) is 0 Å². The Hall–Kier alpha value is -0.300. The maximum atomic E-state index is 5.73. The van der Waals surface area contributed by atoms with E-state index in [0.29, 0.717) is 0 Å². The Morgan fingerprint density at radius 2 is 2.23 bits per heavy atom. The van der Waals surface area contributed by atoms with E-state index in [1.165, 1.54) is 32.1 Å². The van der Waals surface area contributed by atoms with Gasteiger partial charge in [0.05, 0.1) is 0 Å². The molecule has 0 bridgehead atoms. The topological polar surface area (TPSA) is 26.0 Å². The number of nitrogens with two attached hydrogens (primary N) is 1. The maximum Gasteiger partial charge on any atom is -0.00430 e. The van der Waals surface area contributed by atoms with Gasteiger partial charge in [0.15, 0.2) is 0 Å². The van der Waals surface area contributed by atoms with Gasteiger partial charge in [-0.2, -0.15) is 0 Å². The predicted molar refractivity (Wildman–Crippen MR) is 54.2 cm³/mol. The summed E-state index contributed by atoms with van der Waals surface area (Å²) in [5.41, 5.74) is 7.53. The van der Waals surface area contributed by atoms with E-state index in [1.807, 2.05) is 0 Å². The SMILES string of the molecule is NC[C@@H]1C[C@H]2CC(C3CCC3)=C[C@H]12. The van der Waals surface area contributed by atoms with Crippen LogP contribution < -0.4 is 5.73 Å². The fraction of sp³-hybridized carbons (Fsp3) is 0.833. The quantitative estimate of drug-likeness (QED) is 0.644. The molecule has 0 amide bonds. The van der Waals surface area contributed by atoms with Crippen LogP contribution in [0.4, 0.5) is 0 Å². The average molecular weight is 177 g/mol. The number of allylic oxidation sites excluding steroid dienone is 2. The molecule has 0 aliphatic heterocycles. The zero-order chi connectivity index (χ0) is 8.84. The van der Waals surface area contributed by atoms with Gasteiger partial charge in [0, 0.05) is 0 Å². The molecule has 1 heteroatoms. The van der Waals surface area contributed by atoms with E-state index in [0.717, 1.165) is 30.2 Å². The van der Waals surface area contributed by atoms with Crippen molar-refractivity contribution in [3.63, 3.8) is 0 Å². The van der Waals surface area contributed by atoms with Gasteiger partial charge in [-0.1, -0.05) is 18.1 Å². The molecule has 13 heavy (non-hydrogen) atoms. The van der Waals surface area contributed by atoms with Gasteiger partial charge >= 0.3 is 0 Å². The van der Waals surface area contributed by atoms with Crippen molar-refractivity contribution in [3.05, 3.63) is 11.6 Å². The third kappa shape index (κ3) is 1.10. The standard InChI is InChI=1S/C12H19N/c13-7-11-5-10-4-9(6-12(10)11)8-2-1-3-8/h6,8,10-12H,1-5,7,13H2/t10-,11+,12+/m1/s1. The molecule has 2 fully saturated rings. The highest BCUT2D eigenvalue weighted by Crippen LogP contribution is 2.53. The molecule has 0 radical (unpaired) electrons. The van der Waals surface area contributed by atoms with Crippen molar-refractivity contribution in [1.29, 1.82) is 0 Å². The zero-order valence-corrected chi connectivity index (χ0v) is 8.21. The molecular weight excluding hydrogens is 158 g/mol. The largest absolute Gasteiger partial charge is 0.330 e. The lowest BCUT2D eigenvalue weighted by Crippen LogP contribution is -2.37. The van der Waals surface area contributed by atoms with E-state index in [4.69, 9.17) is 5.73 Å². The van der Waals surface area contributed by atoms with Gasteiger partial charge in [-0.25, -0.2) is 0 Å². The van der Waals surface area contributed by atoms with Crippen LogP contribution >= 0.6 is 0 Å². The Morgan fingerprint density at radius 3 is 2.85 bits per heavy atom. The van der Waals surface area contributed by atoms with Crippen molar-refractivity contribution >= 4 is 0 Å². The molecular formula is C12H19N. The second-order valence-corrected chi connectivity index (χ2v) is 5.14. The van der Waals surface area contributed by atoms with Gasteiger partial charge in [-0.05, 0) is 55.9 Å². The summed E-state index contributed by atoms with van der Waals surface area (Å²) >= 11 is 0. The summed E-state index contributed by atoms with van der Waals surface area (Å²) in [4.78, 5) is 0. The van der Waals surface area contributed by atoms with Crippen molar-refractivity contribution < 1.29 is 0 Å². The number of rotatable bonds is 2. The van der Waals surface area contributed by atoms with Crippen LogP contribution in [0.25, 0.3) is 0 Å². The maximum absolute atomic E-state index is 5.73. The van der Waals surface area contributed by atoms with E-state index >= 15 is 0 Å². The molecule has 0 aromatic carbocycles. The highest BCUT2D eigenvalue weighted by molar-refractivity contribution is 5.23. The van der Waals surface area contributed by atoms with Gasteiger partial charge in [-0.3, -0.25) is 0 Å². The predicted octanol–water partition coefficient (Wildman–Crippen LogP) is 2.33. The van der Waals surface area contributed by atoms with Gasteiger partial charge < -0.3 is 5.73 Å². The average Bonchev–Trinajstić information content (AvgIpc) is 2.29. The lowest BCUT2D eigenvalue weighted by atomic mass is 9.66. The Balaban J connectivity index is 1.68. The molecule has 3 atom stereocenters. The summed E-state index contributed by atoms with van der Waals surface area (Å²) in [7, 11) is 0. The second kappa shape index (κ2) is 2.84. The molecule has 0 unspecified atom stereocenters. The molecule has 0 spiro atoms. The molecule has 0 saturated heterocycles. The Kier molecular flexibility index (Phi) is 1.76. The van der Waals surface area contributed by atoms with Gasteiger partial charge in [0.25, 0.3) is 0 Å². The van der Waals surface area contributed by atoms with Gasteiger partial charge in [-0.15, -0.1) is 0 Å². The summed E-state index contributed by atoms with van der Waals surface area (Å²) in [6.07, 6.45) is 9.84. The van der Waals surface area contributed by atoms with Crippen LogP contribution in [-0.2, 0) is 0 Å². The summed E-state index contributed by atoms with van der Waals surface area (Å²) < 4.78 is 0. The van der Waals surface area contributed by atoms with Crippen LogP contribution in [0.5, 0.6) is 0 Å². The second-order valence-electron chi connectivity index (χ2n) is 5.14. The first-order valence-electron chi connectivity index (χ1n) is 5.79. The van der Waals surface area contributed by atoms with Crippen LogP contribution in [0.3, 0.4) is 0 Å². The van der Waals surface area contributed by atoms with Crippen LogP contribution in [-0.4, -0.2) is 6.54 Å². The number of hydrogen-bond acceptors (Lipinski definition) is 1. The minimum absolute atomic E-state index is 0.836. The minimum Gasteiger partial charge on any atom is -0.330 e. The van der Waals surface area contributed by atoms with Crippen LogP contribution in [0.2, 0.25) is 0 Å². The summed E-state index contributed by atoms with van der Waals surface area (Å²) in [5, 5.41) is 0. The Morgan fingerprint density at radius 1 is 1.38 bits per heavy atom. The first kappa shape index (κ1) is 8.05. The zero-order valence-electron chi connectivity index (χ0n) is 8.21. The monoisotopic (exact) mass is 177 g/mol. The van der Waals surface area contributed by atoms with Crippen molar-refractivity contribution in [1.82, 2.24) is 0 Å². The lowest BCUT2D eigenvalue weighted by molar-refractivity contribution is 0.135. The van der Waals surface area contributed by atoms with E-state index < -0.39 is 0 Å². The van der Waals surface area contributed by atoms with Gasteiger partial charge in [0.1, 0.15) is 0 Å². The van der Waals surface area contributed by atoms with E-state index in [2.05, 4.69) is 6.08 Å². The lowest BCUT2D eigenvalue weighted by Gasteiger charge is -2.39. The first-order chi connectivity index (χ1) is 6.38. The molecule has 72 valence electrons. The van der Waals surface area contributed by atoms with Crippen molar-refractivity contribution in [2.75, 3.05) is 6.54 Å². The van der Waals surface area contributed by atoms with Crippen molar-refractivity contribution in [3.8, 4) is 0 Å². The third-order valence-corrected chi connectivity index (χ3v) is 4.53. The third-order valence-electron chi connectivity index (χ3n) is 4.53. The molecule has 3 aliphatic rings. The van der Waals surface area contributed by atoms with E-state index in [-0.39, 0.29) is 0 Å². The smallest absolute Gasteiger partial charge is 0.00430 e. The highest BCUT2D eigenvalue weighted by atomic mass is 14.6. The minimum atomic E-state index is 0.836. The van der Waals surface area contributed by atoms with Crippen molar-refractivity contribution in [2.45, 2.75) is 32.1 Å². The fourth-order valence-corrected chi connectivity index (χ4v) is 3.34. The van der Waals surface area contributed by atoms with Crippen LogP contribution in [0.1, 0.15) is 32.1 Å². The molecule has 1 nitrogen and oxygen atoms in total. The van der Waals surface area contributed by atoms with Crippen molar-refractivity contribution in [2.24, 2.45) is 29.4 Å². The first-order valence-corrected chi connectivity index (χ1v) is 5.79. The molecule has 0 aromatic heterocycles. The molecule has 3 rings (SSSR count).